The van der Waals surface area contributed by atoms with E-state index in [1.807, 2.05) is 72.9 Å². The number of aromatic nitrogens is 1. The van der Waals surface area contributed by atoms with Crippen LogP contribution in [0.15, 0.2) is 91.1 Å². The molecule has 3 heterocycles. The maximum absolute atomic E-state index is 15.3. The molecular weight excluding hydrogens is 566 g/mol. The van der Waals surface area contributed by atoms with Crippen molar-refractivity contribution in [3.8, 4) is 17.2 Å². The van der Waals surface area contributed by atoms with E-state index in [2.05, 4.69) is 27.8 Å². The summed E-state index contributed by atoms with van der Waals surface area (Å²) in [6.07, 6.45) is 2.96. The topological polar surface area (TPSA) is 102 Å². The lowest BCUT2D eigenvalue weighted by atomic mass is 9.58. The molecule has 8 heteroatoms. The third kappa shape index (κ3) is 3.63. The van der Waals surface area contributed by atoms with Crippen LogP contribution in [-0.4, -0.2) is 44.0 Å². The van der Waals surface area contributed by atoms with Crippen molar-refractivity contribution in [2.45, 2.75) is 30.3 Å². The minimum atomic E-state index is -1.34. The molecule has 1 unspecified atom stereocenters. The first-order valence-electron chi connectivity index (χ1n) is 15.1. The average Bonchev–Trinajstić information content (AvgIpc) is 3.78. The number of para-hydroxylation sites is 2. The van der Waals surface area contributed by atoms with Gasteiger partial charge >= 0.3 is 0 Å². The second kappa shape index (κ2) is 9.97. The monoisotopic (exact) mass is 599 g/mol. The number of hydrogen-bond acceptors (Lipinski definition) is 6. The molecule has 1 aliphatic carbocycles. The number of methoxy groups -OCH3 is 3. The molecule has 226 valence electrons. The lowest BCUT2D eigenvalue weighted by Gasteiger charge is -2.41. The Labute approximate surface area is 260 Å². The number of carbonyl (C=O) groups excluding carboxylic acids is 2. The van der Waals surface area contributed by atoms with Crippen LogP contribution in [0.5, 0.6) is 17.2 Å². The fourth-order valence-electron chi connectivity index (χ4n) is 8.42. The van der Waals surface area contributed by atoms with Gasteiger partial charge < -0.3 is 24.5 Å². The first kappa shape index (κ1) is 27.5. The third-order valence-electron chi connectivity index (χ3n) is 10.2. The molecule has 3 aliphatic rings. The number of ketones is 1. The molecule has 2 spiro atoms. The summed E-state index contributed by atoms with van der Waals surface area (Å²) in [5.41, 5.74) is 3.40. The maximum atomic E-state index is 15.3. The summed E-state index contributed by atoms with van der Waals surface area (Å²) in [5, 5.41) is 8.13. The van der Waals surface area contributed by atoms with Gasteiger partial charge in [-0.3, -0.25) is 14.9 Å². The molecule has 1 aromatic heterocycles. The molecule has 1 saturated heterocycles. The second-order valence-electron chi connectivity index (χ2n) is 12.2. The lowest BCUT2D eigenvalue weighted by Crippen LogP contribution is -2.58. The zero-order valence-electron chi connectivity index (χ0n) is 25.3. The Morgan fingerprint density at radius 3 is 2.44 bits per heavy atom. The number of hydrogen-bond donors (Lipinski definition) is 3. The summed E-state index contributed by atoms with van der Waals surface area (Å²) in [4.78, 5) is 33.4. The minimum Gasteiger partial charge on any atom is -0.497 e. The summed E-state index contributed by atoms with van der Waals surface area (Å²) in [6.45, 7) is 0. The fourth-order valence-corrected chi connectivity index (χ4v) is 8.42. The van der Waals surface area contributed by atoms with Crippen molar-refractivity contribution < 1.29 is 23.8 Å². The number of anilines is 1. The van der Waals surface area contributed by atoms with Crippen molar-refractivity contribution in [1.82, 2.24) is 10.3 Å². The van der Waals surface area contributed by atoms with Gasteiger partial charge in [0.1, 0.15) is 11.3 Å². The molecule has 4 atom stereocenters. The predicted octanol–water partition coefficient (Wildman–Crippen LogP) is 5.76. The molecule has 1 amide bonds. The molecule has 1 fully saturated rings. The number of benzene rings is 4. The van der Waals surface area contributed by atoms with Crippen molar-refractivity contribution in [1.29, 1.82) is 0 Å². The normalized spacial score (nSPS) is 24.7. The van der Waals surface area contributed by atoms with Gasteiger partial charge in [-0.25, -0.2) is 0 Å². The van der Waals surface area contributed by atoms with Gasteiger partial charge in [0.2, 0.25) is 5.91 Å². The quantitative estimate of drug-likeness (QED) is 0.229. The Kier molecular flexibility index (Phi) is 6.09. The van der Waals surface area contributed by atoms with E-state index >= 15 is 4.79 Å². The molecule has 45 heavy (non-hydrogen) atoms. The van der Waals surface area contributed by atoms with Gasteiger partial charge in [0, 0.05) is 45.9 Å². The molecule has 0 radical (unpaired) electrons. The van der Waals surface area contributed by atoms with Gasteiger partial charge in [0.05, 0.1) is 26.7 Å². The van der Waals surface area contributed by atoms with Gasteiger partial charge in [-0.1, -0.05) is 48.5 Å². The summed E-state index contributed by atoms with van der Waals surface area (Å²) in [6, 6.07) is 27.2. The van der Waals surface area contributed by atoms with Gasteiger partial charge in [-0.2, -0.15) is 0 Å². The zero-order valence-corrected chi connectivity index (χ0v) is 25.3. The van der Waals surface area contributed by atoms with Gasteiger partial charge in [0.25, 0.3) is 0 Å². The first-order valence-corrected chi connectivity index (χ1v) is 15.1. The first-order chi connectivity index (χ1) is 21.9. The smallest absolute Gasteiger partial charge is 0.250 e. The van der Waals surface area contributed by atoms with Crippen molar-refractivity contribution in [3.63, 3.8) is 0 Å². The highest BCUT2D eigenvalue weighted by Gasteiger charge is 2.75. The highest BCUT2D eigenvalue weighted by atomic mass is 16.5. The zero-order chi connectivity index (χ0) is 30.9. The number of nitrogens with one attached hydrogen (secondary N) is 3. The van der Waals surface area contributed by atoms with Crippen LogP contribution in [0, 0.1) is 5.41 Å². The van der Waals surface area contributed by atoms with E-state index in [0.717, 1.165) is 33.2 Å². The highest BCUT2D eigenvalue weighted by Crippen LogP contribution is 2.66. The van der Waals surface area contributed by atoms with Crippen molar-refractivity contribution in [2.75, 3.05) is 26.6 Å². The van der Waals surface area contributed by atoms with Gasteiger partial charge in [0.15, 0.2) is 17.3 Å². The SMILES string of the molecule is COc1cccc([C@@H]2[C@H](Cc3c[nH]c4ccccc34)NC3(C(=O)Nc4ccccc43)[C@@]23Cc2cc(OC)c(OC)cc2C3=O)c1. The van der Waals surface area contributed by atoms with Crippen LogP contribution in [0.3, 0.4) is 0 Å². The van der Waals surface area contributed by atoms with Gasteiger partial charge in [-0.15, -0.1) is 0 Å². The molecule has 8 nitrogen and oxygen atoms in total. The molecule has 0 saturated carbocycles. The third-order valence-corrected chi connectivity index (χ3v) is 10.2. The van der Waals surface area contributed by atoms with Crippen LogP contribution < -0.4 is 24.8 Å². The number of H-pyrrole nitrogens is 1. The standard InChI is InChI=1S/C37H33N3O5/c1-43-24-10-8-9-21(15-24)33-30(16-23-20-38-28-13-6-4-11-25(23)28)40-37(27-12-5-7-14-29(27)39-35(37)42)36(33)19-22-17-31(44-2)32(45-3)18-26(22)34(36)41/h4-15,17-18,20,30,33,38,40H,16,19H2,1-3H3,(H,39,42)/t30-,33+,36-,37?/m0/s1. The molecule has 8 rings (SSSR count). The Bertz CT molecular complexity index is 2020. The van der Waals surface area contributed by atoms with E-state index in [0.29, 0.717) is 41.3 Å². The summed E-state index contributed by atoms with van der Waals surface area (Å²) in [5.74, 6) is 0.995. The lowest BCUT2D eigenvalue weighted by molar-refractivity contribution is -0.124. The number of carbonyl (C=O) groups is 2. The van der Waals surface area contributed by atoms with Crippen LogP contribution in [0.2, 0.25) is 0 Å². The summed E-state index contributed by atoms with van der Waals surface area (Å²) in [7, 11) is 4.80. The largest absolute Gasteiger partial charge is 0.497 e. The van der Waals surface area contributed by atoms with E-state index in [9.17, 15) is 4.79 Å². The number of rotatable bonds is 6. The van der Waals surface area contributed by atoms with Crippen molar-refractivity contribution in [2.24, 2.45) is 5.41 Å². The van der Waals surface area contributed by atoms with E-state index in [4.69, 9.17) is 14.2 Å². The Hall–Kier alpha value is -5.08. The van der Waals surface area contributed by atoms with E-state index < -0.39 is 16.9 Å². The van der Waals surface area contributed by atoms with E-state index in [-0.39, 0.29) is 17.7 Å². The Morgan fingerprint density at radius 2 is 1.62 bits per heavy atom. The maximum Gasteiger partial charge on any atom is 0.250 e. The fraction of sp³-hybridized carbons (Fsp3) is 0.243. The predicted molar refractivity (Wildman–Crippen MR) is 171 cm³/mol. The number of fused-ring (bicyclic) bond motifs is 5. The number of amides is 1. The van der Waals surface area contributed by atoms with Crippen molar-refractivity contribution >= 4 is 28.3 Å². The molecule has 2 aliphatic heterocycles. The molecule has 0 bridgehead atoms. The van der Waals surface area contributed by atoms with Crippen LogP contribution in [0.4, 0.5) is 5.69 Å². The van der Waals surface area contributed by atoms with E-state index in [1.54, 1.807) is 27.4 Å². The Morgan fingerprint density at radius 1 is 0.844 bits per heavy atom. The molecule has 4 aromatic carbocycles. The van der Waals surface area contributed by atoms with E-state index in [1.165, 1.54) is 0 Å². The van der Waals surface area contributed by atoms with Crippen LogP contribution in [0.25, 0.3) is 10.9 Å². The second-order valence-corrected chi connectivity index (χ2v) is 12.2. The Balaban J connectivity index is 1.41. The molecule has 3 N–H and O–H groups in total. The average molecular weight is 600 g/mol. The molecular formula is C37H33N3O5. The van der Waals surface area contributed by atoms with Gasteiger partial charge in [-0.05, 0) is 65.9 Å². The number of Topliss-reactive ketones (excluding diaryl/α,β-unsaturated/α-hetero) is 1. The van der Waals surface area contributed by atoms with Crippen molar-refractivity contribution in [3.05, 3.63) is 119 Å². The summed E-state index contributed by atoms with van der Waals surface area (Å²) >= 11 is 0. The summed E-state index contributed by atoms with van der Waals surface area (Å²) < 4.78 is 17.0. The minimum absolute atomic E-state index is 0.0907. The van der Waals surface area contributed by atoms with Crippen LogP contribution in [-0.2, 0) is 23.2 Å². The highest BCUT2D eigenvalue weighted by molar-refractivity contribution is 6.16. The number of ether oxygens (including phenoxy) is 3. The van der Waals surface area contributed by atoms with Crippen LogP contribution in [0.1, 0.15) is 38.5 Å². The molecule has 5 aromatic rings. The van der Waals surface area contributed by atoms with Crippen LogP contribution >= 0.6 is 0 Å². The number of aromatic amines is 1.